The second kappa shape index (κ2) is 3.20. The van der Waals surface area contributed by atoms with E-state index < -0.39 is 0 Å². The van der Waals surface area contributed by atoms with E-state index in [4.69, 9.17) is 21.1 Å². The molecule has 1 saturated heterocycles. The minimum atomic E-state index is 0.225. The Morgan fingerprint density at radius 1 is 1.46 bits per heavy atom. The zero-order valence-corrected chi connectivity index (χ0v) is 8.34. The van der Waals surface area contributed by atoms with Gasteiger partial charge in [-0.15, -0.1) is 0 Å². The van der Waals surface area contributed by atoms with Gasteiger partial charge in [0.25, 0.3) is 0 Å². The highest BCUT2D eigenvalue weighted by molar-refractivity contribution is 6.32. The highest BCUT2D eigenvalue weighted by Crippen LogP contribution is 2.40. The maximum absolute atomic E-state index is 5.97. The lowest BCUT2D eigenvalue weighted by Crippen LogP contribution is -1.87. The molecule has 1 fully saturated rings. The molecule has 0 N–H and O–H groups in total. The number of ether oxygens (including phenoxy) is 2. The van der Waals surface area contributed by atoms with Crippen LogP contribution in [-0.2, 0) is 4.74 Å². The molecular weight excluding hydrogens is 188 g/mol. The van der Waals surface area contributed by atoms with Crippen molar-refractivity contribution in [3.8, 4) is 5.75 Å². The molecule has 0 spiro atoms. The van der Waals surface area contributed by atoms with Crippen LogP contribution in [0.25, 0.3) is 0 Å². The number of halogens is 1. The van der Waals surface area contributed by atoms with Crippen molar-refractivity contribution in [1.82, 2.24) is 0 Å². The number of hydrogen-bond acceptors (Lipinski definition) is 2. The Hall–Kier alpha value is -0.730. The predicted octanol–water partition coefficient (Wildman–Crippen LogP) is 2.81. The van der Waals surface area contributed by atoms with Crippen molar-refractivity contribution < 1.29 is 9.47 Å². The molecule has 2 unspecified atom stereocenters. The average molecular weight is 199 g/mol. The number of epoxide rings is 1. The summed E-state index contributed by atoms with van der Waals surface area (Å²) in [5.41, 5.74) is 1.12. The van der Waals surface area contributed by atoms with Crippen LogP contribution in [-0.4, -0.2) is 13.2 Å². The normalized spacial score (nSPS) is 25.8. The molecule has 1 aromatic rings. The molecule has 2 nitrogen and oxygen atoms in total. The Morgan fingerprint density at radius 2 is 2.15 bits per heavy atom. The van der Waals surface area contributed by atoms with Crippen molar-refractivity contribution in [2.24, 2.45) is 0 Å². The van der Waals surface area contributed by atoms with Gasteiger partial charge in [-0.2, -0.15) is 0 Å². The van der Waals surface area contributed by atoms with E-state index in [0.29, 0.717) is 16.9 Å². The molecule has 0 bridgehead atoms. The van der Waals surface area contributed by atoms with E-state index in [1.54, 1.807) is 7.11 Å². The van der Waals surface area contributed by atoms with Gasteiger partial charge in [0.05, 0.1) is 18.2 Å². The van der Waals surface area contributed by atoms with Crippen molar-refractivity contribution >= 4 is 11.6 Å². The van der Waals surface area contributed by atoms with Crippen LogP contribution in [0.2, 0.25) is 5.02 Å². The van der Waals surface area contributed by atoms with Gasteiger partial charge in [0.2, 0.25) is 0 Å². The van der Waals surface area contributed by atoms with Crippen LogP contribution in [0.1, 0.15) is 18.6 Å². The first-order valence-electron chi connectivity index (χ1n) is 4.21. The van der Waals surface area contributed by atoms with E-state index in [0.717, 1.165) is 5.56 Å². The maximum atomic E-state index is 5.97. The van der Waals surface area contributed by atoms with Crippen LogP contribution < -0.4 is 4.74 Å². The summed E-state index contributed by atoms with van der Waals surface area (Å²) in [4.78, 5) is 0. The largest absolute Gasteiger partial charge is 0.495 e. The standard InChI is InChI=1S/C10H11ClO2/c1-6-10(13-6)7-3-4-9(12-2)8(11)5-7/h3-6,10H,1-2H3. The van der Waals surface area contributed by atoms with Crippen molar-refractivity contribution in [2.75, 3.05) is 7.11 Å². The van der Waals surface area contributed by atoms with Gasteiger partial charge >= 0.3 is 0 Å². The lowest BCUT2D eigenvalue weighted by atomic mass is 10.1. The zero-order valence-electron chi connectivity index (χ0n) is 7.58. The van der Waals surface area contributed by atoms with Crippen molar-refractivity contribution in [3.05, 3.63) is 28.8 Å². The van der Waals surface area contributed by atoms with E-state index in [1.165, 1.54) is 0 Å². The van der Waals surface area contributed by atoms with Gasteiger partial charge < -0.3 is 9.47 Å². The molecule has 1 aromatic carbocycles. The Labute approximate surface area is 82.4 Å². The van der Waals surface area contributed by atoms with Gasteiger partial charge in [-0.3, -0.25) is 0 Å². The zero-order chi connectivity index (χ0) is 9.42. The molecule has 0 aromatic heterocycles. The van der Waals surface area contributed by atoms with E-state index in [1.807, 2.05) is 25.1 Å². The third kappa shape index (κ3) is 1.64. The van der Waals surface area contributed by atoms with Gasteiger partial charge in [-0.05, 0) is 24.6 Å². The van der Waals surface area contributed by atoms with E-state index in [9.17, 15) is 0 Å². The fourth-order valence-electron chi connectivity index (χ4n) is 1.40. The van der Waals surface area contributed by atoms with Crippen LogP contribution in [0.4, 0.5) is 0 Å². The molecular formula is C10H11ClO2. The van der Waals surface area contributed by atoms with E-state index >= 15 is 0 Å². The summed E-state index contributed by atoms with van der Waals surface area (Å²) < 4.78 is 10.4. The van der Waals surface area contributed by atoms with Crippen LogP contribution in [0.15, 0.2) is 18.2 Å². The molecule has 1 aliphatic heterocycles. The summed E-state index contributed by atoms with van der Waals surface area (Å²) in [6.07, 6.45) is 0.549. The van der Waals surface area contributed by atoms with Crippen molar-refractivity contribution in [2.45, 2.75) is 19.1 Å². The minimum Gasteiger partial charge on any atom is -0.495 e. The number of methoxy groups -OCH3 is 1. The molecule has 0 aliphatic carbocycles. The van der Waals surface area contributed by atoms with E-state index in [2.05, 4.69) is 0 Å². The van der Waals surface area contributed by atoms with Gasteiger partial charge in [-0.25, -0.2) is 0 Å². The van der Waals surface area contributed by atoms with Gasteiger partial charge in [0.1, 0.15) is 11.9 Å². The summed E-state index contributed by atoms with van der Waals surface area (Å²) in [6.45, 7) is 2.04. The lowest BCUT2D eigenvalue weighted by molar-refractivity contribution is 0.382. The van der Waals surface area contributed by atoms with Crippen LogP contribution in [0.3, 0.4) is 0 Å². The Balaban J connectivity index is 2.25. The summed E-state index contributed by atoms with van der Waals surface area (Å²) in [7, 11) is 1.61. The molecule has 1 aliphatic rings. The first-order valence-corrected chi connectivity index (χ1v) is 4.59. The SMILES string of the molecule is COc1ccc(C2OC2C)cc1Cl. The molecule has 2 atom stereocenters. The second-order valence-corrected chi connectivity index (χ2v) is 3.56. The second-order valence-electron chi connectivity index (χ2n) is 3.16. The highest BCUT2D eigenvalue weighted by atomic mass is 35.5. The quantitative estimate of drug-likeness (QED) is 0.682. The molecule has 70 valence electrons. The third-order valence-corrected chi connectivity index (χ3v) is 2.51. The van der Waals surface area contributed by atoms with Gasteiger partial charge in [0.15, 0.2) is 0 Å². The van der Waals surface area contributed by atoms with Crippen LogP contribution in [0.5, 0.6) is 5.75 Å². The summed E-state index contributed by atoms with van der Waals surface area (Å²) >= 11 is 5.97. The molecule has 3 heteroatoms. The fourth-order valence-corrected chi connectivity index (χ4v) is 1.66. The summed E-state index contributed by atoms with van der Waals surface area (Å²) in [5, 5.41) is 0.641. The fraction of sp³-hybridized carbons (Fsp3) is 0.400. The monoisotopic (exact) mass is 198 g/mol. The van der Waals surface area contributed by atoms with Gasteiger partial charge in [-0.1, -0.05) is 17.7 Å². The lowest BCUT2D eigenvalue weighted by Gasteiger charge is -2.03. The summed E-state index contributed by atoms with van der Waals surface area (Å²) in [5.74, 6) is 0.707. The molecule has 0 amide bonds. The molecule has 2 rings (SSSR count). The smallest absolute Gasteiger partial charge is 0.137 e. The molecule has 13 heavy (non-hydrogen) atoms. The average Bonchev–Trinajstić information content (AvgIpc) is 2.82. The van der Waals surface area contributed by atoms with E-state index in [-0.39, 0.29) is 6.10 Å². The predicted molar refractivity (Wildman–Crippen MR) is 51.3 cm³/mol. The maximum Gasteiger partial charge on any atom is 0.137 e. The third-order valence-electron chi connectivity index (χ3n) is 2.22. The Morgan fingerprint density at radius 3 is 2.62 bits per heavy atom. The Bertz CT molecular complexity index is 325. The first kappa shape index (κ1) is 8.85. The topological polar surface area (TPSA) is 21.8 Å². The summed E-state index contributed by atoms with van der Waals surface area (Å²) in [6, 6.07) is 5.75. The van der Waals surface area contributed by atoms with Crippen LogP contribution in [0, 0.1) is 0 Å². The number of benzene rings is 1. The van der Waals surface area contributed by atoms with Crippen molar-refractivity contribution in [1.29, 1.82) is 0 Å². The highest BCUT2D eigenvalue weighted by Gasteiger charge is 2.35. The molecule has 0 radical (unpaired) electrons. The Kier molecular flexibility index (Phi) is 2.18. The van der Waals surface area contributed by atoms with Crippen LogP contribution >= 0.6 is 11.6 Å². The first-order chi connectivity index (χ1) is 6.22. The number of hydrogen-bond donors (Lipinski definition) is 0. The minimum absolute atomic E-state index is 0.225. The molecule has 0 saturated carbocycles. The van der Waals surface area contributed by atoms with Gasteiger partial charge in [0, 0.05) is 0 Å². The van der Waals surface area contributed by atoms with Crippen molar-refractivity contribution in [3.63, 3.8) is 0 Å². The molecule has 1 heterocycles. The number of rotatable bonds is 2.